The molecule has 6 nitrogen and oxygen atoms in total. The predicted molar refractivity (Wildman–Crippen MR) is 123 cm³/mol. The lowest BCUT2D eigenvalue weighted by atomic mass is 9.90. The molecule has 1 fully saturated rings. The first-order valence-corrected chi connectivity index (χ1v) is 11.3. The molecule has 2 N–H and O–H groups in total. The number of likely N-dealkylation sites (N-methyl/N-ethyl adjacent to an activating group) is 1. The first-order valence-electron chi connectivity index (χ1n) is 11.3. The molecule has 1 aliphatic heterocycles. The first kappa shape index (κ1) is 21.5. The highest BCUT2D eigenvalue weighted by Gasteiger charge is 2.33. The summed E-state index contributed by atoms with van der Waals surface area (Å²) in [5.74, 6) is -0.0907. The number of hydrogen-bond donors (Lipinski definition) is 2. The second kappa shape index (κ2) is 10.1. The molecule has 1 atom stereocenters. The van der Waals surface area contributed by atoms with Crippen LogP contribution in [0.1, 0.15) is 29.5 Å². The summed E-state index contributed by atoms with van der Waals surface area (Å²) in [6.07, 6.45) is 4.49. The van der Waals surface area contributed by atoms with Gasteiger partial charge < -0.3 is 10.6 Å². The van der Waals surface area contributed by atoms with Crippen molar-refractivity contribution in [2.24, 2.45) is 0 Å². The van der Waals surface area contributed by atoms with Crippen LogP contribution in [0, 0.1) is 0 Å². The summed E-state index contributed by atoms with van der Waals surface area (Å²) in [5.41, 5.74) is 4.79. The number of nitrogens with zero attached hydrogens (tertiary/aromatic N) is 2. The van der Waals surface area contributed by atoms with Crippen molar-refractivity contribution in [2.75, 3.05) is 38.5 Å². The number of carbonyl (C=O) groups excluding carboxylic acids is 2. The molecular weight excluding hydrogens is 388 g/mol. The Morgan fingerprint density at radius 1 is 1.00 bits per heavy atom. The van der Waals surface area contributed by atoms with Gasteiger partial charge in [-0.25, -0.2) is 0 Å². The number of hydrogen-bond acceptors (Lipinski definition) is 4. The third-order valence-electron chi connectivity index (χ3n) is 6.39. The van der Waals surface area contributed by atoms with E-state index in [0.29, 0.717) is 13.1 Å². The van der Waals surface area contributed by atoms with Gasteiger partial charge >= 0.3 is 0 Å². The Bertz CT molecular complexity index is 915. The lowest BCUT2D eigenvalue weighted by Crippen LogP contribution is -2.59. The zero-order valence-corrected chi connectivity index (χ0v) is 18.3. The topological polar surface area (TPSA) is 64.7 Å². The number of fused-ring (bicyclic) bond motifs is 1. The number of amides is 2. The molecular formula is C25H32N4O2. The van der Waals surface area contributed by atoms with Crippen LogP contribution in [-0.2, 0) is 29.0 Å². The van der Waals surface area contributed by atoms with Crippen LogP contribution in [0.15, 0.2) is 48.5 Å². The minimum atomic E-state index is -0.335. The molecule has 2 amide bonds. The van der Waals surface area contributed by atoms with Gasteiger partial charge in [-0.2, -0.15) is 0 Å². The van der Waals surface area contributed by atoms with Crippen molar-refractivity contribution in [3.05, 3.63) is 65.2 Å². The summed E-state index contributed by atoms with van der Waals surface area (Å²) in [6.45, 7) is 3.16. The quantitative estimate of drug-likeness (QED) is 0.754. The van der Waals surface area contributed by atoms with Gasteiger partial charge in [0.25, 0.3) is 0 Å². The lowest BCUT2D eigenvalue weighted by Gasteiger charge is -2.40. The average Bonchev–Trinajstić information content (AvgIpc) is 2.80. The molecule has 0 spiro atoms. The van der Waals surface area contributed by atoms with E-state index in [-0.39, 0.29) is 24.4 Å². The average molecular weight is 421 g/mol. The van der Waals surface area contributed by atoms with E-state index >= 15 is 0 Å². The second-order valence-corrected chi connectivity index (χ2v) is 8.52. The molecule has 1 saturated heterocycles. The molecule has 31 heavy (non-hydrogen) atoms. The van der Waals surface area contributed by atoms with E-state index in [2.05, 4.69) is 33.7 Å². The molecule has 0 saturated carbocycles. The molecule has 0 aromatic heterocycles. The summed E-state index contributed by atoms with van der Waals surface area (Å²) >= 11 is 0. The molecule has 4 rings (SSSR count). The zero-order chi connectivity index (χ0) is 21.6. The molecule has 1 heterocycles. The first-order chi connectivity index (χ1) is 15.1. The van der Waals surface area contributed by atoms with Crippen LogP contribution in [0.2, 0.25) is 0 Å². The number of nitrogens with one attached hydrogen (secondary N) is 2. The van der Waals surface area contributed by atoms with Crippen molar-refractivity contribution in [3.8, 4) is 0 Å². The van der Waals surface area contributed by atoms with E-state index in [1.807, 2.05) is 35.2 Å². The van der Waals surface area contributed by atoms with Crippen molar-refractivity contribution in [1.29, 1.82) is 0 Å². The third kappa shape index (κ3) is 5.32. The molecule has 2 aliphatic rings. The molecule has 0 bridgehead atoms. The third-order valence-corrected chi connectivity index (χ3v) is 6.39. The number of anilines is 1. The van der Waals surface area contributed by atoms with E-state index in [1.54, 1.807) is 7.05 Å². The van der Waals surface area contributed by atoms with Crippen molar-refractivity contribution in [3.63, 3.8) is 0 Å². The van der Waals surface area contributed by atoms with Gasteiger partial charge in [0.15, 0.2) is 0 Å². The standard InChI is InChI=1S/C25H32N4O2/c1-26-25(31)23-17-28(16-19-8-3-2-4-9-19)14-15-29(23)18-24(30)27-22-13-7-11-20-10-5-6-12-21(20)22/h2-4,7-9,11,13,23H,5-6,10,12,14-18H2,1H3,(H,26,31)(H,27,30)/t23-/m0/s1. The highest BCUT2D eigenvalue weighted by molar-refractivity contribution is 5.94. The van der Waals surface area contributed by atoms with Gasteiger partial charge in [0, 0.05) is 38.9 Å². The minimum Gasteiger partial charge on any atom is -0.358 e. The minimum absolute atomic E-state index is 0.0392. The maximum atomic E-state index is 12.9. The van der Waals surface area contributed by atoms with Crippen molar-refractivity contribution in [1.82, 2.24) is 15.1 Å². The number of aryl methyl sites for hydroxylation is 1. The van der Waals surface area contributed by atoms with Crippen molar-refractivity contribution in [2.45, 2.75) is 38.3 Å². The van der Waals surface area contributed by atoms with Crippen LogP contribution in [0.5, 0.6) is 0 Å². The van der Waals surface area contributed by atoms with Gasteiger partial charge in [0.2, 0.25) is 11.8 Å². The van der Waals surface area contributed by atoms with Crippen LogP contribution in [0.3, 0.4) is 0 Å². The van der Waals surface area contributed by atoms with Crippen LogP contribution >= 0.6 is 0 Å². The molecule has 1 aliphatic carbocycles. The summed E-state index contributed by atoms with van der Waals surface area (Å²) in [4.78, 5) is 29.8. The van der Waals surface area contributed by atoms with Crippen LogP contribution < -0.4 is 10.6 Å². The van der Waals surface area contributed by atoms with E-state index in [1.165, 1.54) is 29.5 Å². The SMILES string of the molecule is CNC(=O)[C@@H]1CN(Cc2ccccc2)CCN1CC(=O)Nc1cccc2c1CCCC2. The van der Waals surface area contributed by atoms with Gasteiger partial charge in [0.05, 0.1) is 6.54 Å². The van der Waals surface area contributed by atoms with Gasteiger partial charge in [-0.3, -0.25) is 19.4 Å². The summed E-state index contributed by atoms with van der Waals surface area (Å²) in [5, 5.41) is 5.89. The van der Waals surface area contributed by atoms with Crippen LogP contribution in [0.25, 0.3) is 0 Å². The highest BCUT2D eigenvalue weighted by Crippen LogP contribution is 2.28. The number of rotatable bonds is 6. The zero-order valence-electron chi connectivity index (χ0n) is 18.3. The van der Waals surface area contributed by atoms with Crippen molar-refractivity contribution < 1.29 is 9.59 Å². The normalized spacial score (nSPS) is 19.5. The molecule has 2 aromatic carbocycles. The maximum absolute atomic E-state index is 12.9. The van der Waals surface area contributed by atoms with Gasteiger partial charge in [-0.05, 0) is 48.4 Å². The van der Waals surface area contributed by atoms with Gasteiger partial charge in [-0.15, -0.1) is 0 Å². The lowest BCUT2D eigenvalue weighted by molar-refractivity contribution is -0.130. The van der Waals surface area contributed by atoms with Gasteiger partial charge in [-0.1, -0.05) is 42.5 Å². The molecule has 0 unspecified atom stereocenters. The summed E-state index contributed by atoms with van der Waals surface area (Å²) in [7, 11) is 1.66. The Kier molecular flexibility index (Phi) is 6.99. The van der Waals surface area contributed by atoms with Crippen LogP contribution in [0.4, 0.5) is 5.69 Å². The predicted octanol–water partition coefficient (Wildman–Crippen LogP) is 2.44. The monoisotopic (exact) mass is 420 g/mol. The Hall–Kier alpha value is -2.70. The number of carbonyl (C=O) groups is 2. The highest BCUT2D eigenvalue weighted by atomic mass is 16.2. The maximum Gasteiger partial charge on any atom is 0.238 e. The fraction of sp³-hybridized carbons (Fsp3) is 0.440. The Morgan fingerprint density at radius 3 is 2.61 bits per heavy atom. The number of piperazine rings is 1. The van der Waals surface area contributed by atoms with E-state index in [4.69, 9.17) is 0 Å². The second-order valence-electron chi connectivity index (χ2n) is 8.52. The Morgan fingerprint density at radius 2 is 1.81 bits per heavy atom. The number of benzene rings is 2. The van der Waals surface area contributed by atoms with Crippen LogP contribution in [-0.4, -0.2) is 60.9 Å². The van der Waals surface area contributed by atoms with E-state index in [9.17, 15) is 9.59 Å². The fourth-order valence-corrected chi connectivity index (χ4v) is 4.74. The molecule has 2 aromatic rings. The summed E-state index contributed by atoms with van der Waals surface area (Å²) < 4.78 is 0. The smallest absolute Gasteiger partial charge is 0.238 e. The largest absolute Gasteiger partial charge is 0.358 e. The molecule has 6 heteroatoms. The Labute approximate surface area is 184 Å². The van der Waals surface area contributed by atoms with Crippen molar-refractivity contribution >= 4 is 17.5 Å². The van der Waals surface area contributed by atoms with E-state index < -0.39 is 0 Å². The fourth-order valence-electron chi connectivity index (χ4n) is 4.74. The molecule has 164 valence electrons. The Balaban J connectivity index is 1.40. The summed E-state index contributed by atoms with van der Waals surface area (Å²) in [6, 6.07) is 16.1. The van der Waals surface area contributed by atoms with E-state index in [0.717, 1.165) is 31.6 Å². The van der Waals surface area contributed by atoms with Gasteiger partial charge in [0.1, 0.15) is 6.04 Å². The molecule has 0 radical (unpaired) electrons.